The average Bonchev–Trinajstić information content (AvgIpc) is 3.24. The third-order valence-corrected chi connectivity index (χ3v) is 3.80. The fraction of sp³-hybridized carbons (Fsp3) is 0.533. The summed E-state index contributed by atoms with van der Waals surface area (Å²) in [6, 6.07) is 5.36. The highest BCUT2D eigenvalue weighted by molar-refractivity contribution is 5.76. The molecule has 1 fully saturated rings. The maximum absolute atomic E-state index is 12.4. The SMILES string of the molecule is CCCN(CC1CC1)C(=O)Cn1nc2ccccn2c1=O. The molecule has 0 bridgehead atoms. The van der Waals surface area contributed by atoms with Crippen LogP contribution in [-0.4, -0.2) is 38.1 Å². The standard InChI is InChI=1S/C15H20N4O2/c1-2-8-17(10-12-6-7-12)14(20)11-19-15(21)18-9-4-3-5-13(18)16-19/h3-5,9,12H,2,6-8,10-11H2,1H3. The van der Waals surface area contributed by atoms with Crippen molar-refractivity contribution in [1.29, 1.82) is 0 Å². The van der Waals surface area contributed by atoms with Crippen molar-refractivity contribution in [3.05, 3.63) is 34.9 Å². The molecule has 112 valence electrons. The Morgan fingerprint density at radius 1 is 1.43 bits per heavy atom. The topological polar surface area (TPSA) is 59.6 Å². The molecule has 0 atom stereocenters. The fourth-order valence-corrected chi connectivity index (χ4v) is 2.50. The number of hydrogen-bond acceptors (Lipinski definition) is 3. The minimum Gasteiger partial charge on any atom is -0.341 e. The van der Waals surface area contributed by atoms with Crippen LogP contribution in [0.4, 0.5) is 0 Å². The monoisotopic (exact) mass is 288 g/mol. The zero-order valence-corrected chi connectivity index (χ0v) is 12.2. The van der Waals surface area contributed by atoms with E-state index in [0.717, 1.165) is 19.5 Å². The van der Waals surface area contributed by atoms with Gasteiger partial charge in [-0.2, -0.15) is 0 Å². The second-order valence-corrected chi connectivity index (χ2v) is 5.65. The Labute approximate surface area is 123 Å². The quantitative estimate of drug-likeness (QED) is 0.801. The molecule has 6 nitrogen and oxygen atoms in total. The number of aromatic nitrogens is 3. The summed E-state index contributed by atoms with van der Waals surface area (Å²) in [7, 11) is 0. The highest BCUT2D eigenvalue weighted by atomic mass is 16.2. The second kappa shape index (κ2) is 5.71. The predicted octanol–water partition coefficient (Wildman–Crippen LogP) is 1.14. The lowest BCUT2D eigenvalue weighted by Crippen LogP contribution is -2.38. The number of hydrogen-bond donors (Lipinski definition) is 0. The number of rotatable bonds is 6. The number of carbonyl (C=O) groups is 1. The number of pyridine rings is 1. The maximum Gasteiger partial charge on any atom is 0.350 e. The zero-order chi connectivity index (χ0) is 14.8. The molecule has 0 spiro atoms. The van der Waals surface area contributed by atoms with Gasteiger partial charge in [-0.3, -0.25) is 9.20 Å². The first kappa shape index (κ1) is 13.9. The van der Waals surface area contributed by atoms with E-state index < -0.39 is 0 Å². The van der Waals surface area contributed by atoms with E-state index in [1.165, 1.54) is 21.9 Å². The molecule has 3 rings (SSSR count). The van der Waals surface area contributed by atoms with E-state index in [9.17, 15) is 9.59 Å². The number of nitrogens with zero attached hydrogens (tertiary/aromatic N) is 4. The summed E-state index contributed by atoms with van der Waals surface area (Å²) in [6.45, 7) is 3.64. The molecule has 1 saturated carbocycles. The lowest BCUT2D eigenvalue weighted by Gasteiger charge is -2.21. The molecule has 1 aliphatic carbocycles. The summed E-state index contributed by atoms with van der Waals surface area (Å²) in [5, 5.41) is 4.21. The summed E-state index contributed by atoms with van der Waals surface area (Å²) in [5.74, 6) is 0.632. The number of carbonyl (C=O) groups excluding carboxylic acids is 1. The van der Waals surface area contributed by atoms with Crippen molar-refractivity contribution in [2.75, 3.05) is 13.1 Å². The van der Waals surface area contributed by atoms with Gasteiger partial charge in [-0.05, 0) is 37.3 Å². The van der Waals surface area contributed by atoms with Crippen molar-refractivity contribution in [2.24, 2.45) is 5.92 Å². The van der Waals surface area contributed by atoms with Gasteiger partial charge in [0.25, 0.3) is 0 Å². The van der Waals surface area contributed by atoms with E-state index in [2.05, 4.69) is 12.0 Å². The molecule has 0 unspecified atom stereocenters. The van der Waals surface area contributed by atoms with Crippen LogP contribution in [-0.2, 0) is 11.3 Å². The van der Waals surface area contributed by atoms with Gasteiger partial charge in [-0.15, -0.1) is 5.10 Å². The summed E-state index contributed by atoms with van der Waals surface area (Å²) in [6.07, 6.45) is 5.02. The Morgan fingerprint density at radius 2 is 2.24 bits per heavy atom. The summed E-state index contributed by atoms with van der Waals surface area (Å²) < 4.78 is 2.71. The Hall–Kier alpha value is -2.11. The highest BCUT2D eigenvalue weighted by Gasteiger charge is 2.26. The third kappa shape index (κ3) is 2.99. The van der Waals surface area contributed by atoms with Crippen LogP contribution in [0.3, 0.4) is 0 Å². The van der Waals surface area contributed by atoms with E-state index in [1.54, 1.807) is 18.3 Å². The Bertz CT molecular complexity index is 699. The van der Waals surface area contributed by atoms with Crippen molar-refractivity contribution in [3.63, 3.8) is 0 Å². The molecule has 0 saturated heterocycles. The van der Waals surface area contributed by atoms with Gasteiger partial charge in [0.15, 0.2) is 5.65 Å². The van der Waals surface area contributed by atoms with Crippen molar-refractivity contribution in [1.82, 2.24) is 19.1 Å². The fourth-order valence-electron chi connectivity index (χ4n) is 2.50. The molecule has 2 heterocycles. The lowest BCUT2D eigenvalue weighted by molar-refractivity contribution is -0.132. The molecule has 0 N–H and O–H groups in total. The Morgan fingerprint density at radius 3 is 2.90 bits per heavy atom. The molecule has 2 aromatic rings. The summed E-state index contributed by atoms with van der Waals surface area (Å²) in [5.41, 5.74) is 0.307. The van der Waals surface area contributed by atoms with Gasteiger partial charge in [0.1, 0.15) is 6.54 Å². The second-order valence-electron chi connectivity index (χ2n) is 5.65. The van der Waals surface area contributed by atoms with Crippen molar-refractivity contribution >= 4 is 11.6 Å². The van der Waals surface area contributed by atoms with Gasteiger partial charge in [-0.25, -0.2) is 9.48 Å². The molecule has 0 radical (unpaired) electrons. The molecule has 0 aliphatic heterocycles. The molecular weight excluding hydrogens is 268 g/mol. The number of amides is 1. The van der Waals surface area contributed by atoms with Crippen LogP contribution in [0, 0.1) is 5.92 Å². The van der Waals surface area contributed by atoms with Crippen molar-refractivity contribution in [2.45, 2.75) is 32.7 Å². The third-order valence-electron chi connectivity index (χ3n) is 3.80. The van der Waals surface area contributed by atoms with Crippen molar-refractivity contribution in [3.8, 4) is 0 Å². The largest absolute Gasteiger partial charge is 0.350 e. The minimum absolute atomic E-state index is 0.0192. The Balaban J connectivity index is 1.77. The minimum atomic E-state index is -0.262. The van der Waals surface area contributed by atoms with Crippen LogP contribution in [0.2, 0.25) is 0 Å². The van der Waals surface area contributed by atoms with Gasteiger partial charge < -0.3 is 4.90 Å². The molecule has 1 aliphatic rings. The van der Waals surface area contributed by atoms with Gasteiger partial charge >= 0.3 is 5.69 Å². The average molecular weight is 288 g/mol. The molecule has 6 heteroatoms. The predicted molar refractivity (Wildman–Crippen MR) is 79.0 cm³/mol. The molecule has 0 aromatic carbocycles. The normalized spacial score (nSPS) is 14.5. The lowest BCUT2D eigenvalue weighted by atomic mass is 10.3. The van der Waals surface area contributed by atoms with Crippen molar-refractivity contribution < 1.29 is 4.79 Å². The van der Waals surface area contributed by atoms with Crippen LogP contribution < -0.4 is 5.69 Å². The van der Waals surface area contributed by atoms with Crippen LogP contribution >= 0.6 is 0 Å². The van der Waals surface area contributed by atoms with E-state index in [1.807, 2.05) is 11.0 Å². The van der Waals surface area contributed by atoms with E-state index in [-0.39, 0.29) is 18.1 Å². The first-order valence-electron chi connectivity index (χ1n) is 7.51. The first-order chi connectivity index (χ1) is 10.2. The van der Waals surface area contributed by atoms with Gasteiger partial charge in [-0.1, -0.05) is 13.0 Å². The summed E-state index contributed by atoms with van der Waals surface area (Å²) >= 11 is 0. The van der Waals surface area contributed by atoms with Gasteiger partial charge in [0.2, 0.25) is 5.91 Å². The molecule has 21 heavy (non-hydrogen) atoms. The van der Waals surface area contributed by atoms with E-state index >= 15 is 0 Å². The zero-order valence-electron chi connectivity index (χ0n) is 12.2. The first-order valence-corrected chi connectivity index (χ1v) is 7.51. The smallest absolute Gasteiger partial charge is 0.341 e. The number of fused-ring (bicyclic) bond motifs is 1. The molecular formula is C15H20N4O2. The van der Waals surface area contributed by atoms with Crippen LogP contribution in [0.5, 0.6) is 0 Å². The maximum atomic E-state index is 12.4. The molecule has 1 amide bonds. The summed E-state index contributed by atoms with van der Waals surface area (Å²) in [4.78, 5) is 26.5. The highest BCUT2D eigenvalue weighted by Crippen LogP contribution is 2.29. The van der Waals surface area contributed by atoms with Crippen LogP contribution in [0.15, 0.2) is 29.2 Å². The van der Waals surface area contributed by atoms with Crippen LogP contribution in [0.25, 0.3) is 5.65 Å². The van der Waals surface area contributed by atoms with Crippen LogP contribution in [0.1, 0.15) is 26.2 Å². The Kier molecular flexibility index (Phi) is 3.77. The van der Waals surface area contributed by atoms with Gasteiger partial charge in [0.05, 0.1) is 0 Å². The molecule has 2 aromatic heterocycles. The van der Waals surface area contributed by atoms with Gasteiger partial charge in [0, 0.05) is 19.3 Å². The van der Waals surface area contributed by atoms with E-state index in [0.29, 0.717) is 11.6 Å². The van der Waals surface area contributed by atoms with E-state index in [4.69, 9.17) is 0 Å².